The number of hydrogen-bond donors (Lipinski definition) is 2. The van der Waals surface area contributed by atoms with Gasteiger partial charge in [-0.3, -0.25) is 14.3 Å². The average Bonchev–Trinajstić information content (AvgIpc) is 2.66. The summed E-state index contributed by atoms with van der Waals surface area (Å²) in [7, 11) is 0. The van der Waals surface area contributed by atoms with E-state index in [9.17, 15) is 9.59 Å². The first-order chi connectivity index (χ1) is 7.20. The Labute approximate surface area is 85.7 Å². The molecule has 2 N–H and O–H groups in total. The van der Waals surface area contributed by atoms with Crippen LogP contribution in [-0.2, 0) is 0 Å². The van der Waals surface area contributed by atoms with Gasteiger partial charge in [-0.15, -0.1) is 0 Å². The van der Waals surface area contributed by atoms with Crippen LogP contribution in [0.3, 0.4) is 0 Å². The number of H-pyrrole nitrogens is 1. The minimum atomic E-state index is -0.407. The van der Waals surface area contributed by atoms with Gasteiger partial charge in [0.05, 0.1) is 6.04 Å². The molecule has 80 valence electrons. The molecule has 0 aromatic carbocycles. The first kappa shape index (κ1) is 9.92. The van der Waals surface area contributed by atoms with E-state index >= 15 is 0 Å². The topological polar surface area (TPSA) is 75.1 Å². The van der Waals surface area contributed by atoms with Crippen molar-refractivity contribution in [3.63, 3.8) is 0 Å². The van der Waals surface area contributed by atoms with Crippen molar-refractivity contribution < 1.29 is 5.11 Å². The second-order valence-electron chi connectivity index (χ2n) is 3.65. The number of rotatable bonds is 2. The van der Waals surface area contributed by atoms with Crippen LogP contribution in [0.2, 0.25) is 0 Å². The van der Waals surface area contributed by atoms with Gasteiger partial charge in [-0.25, -0.2) is 4.79 Å². The molecular formula is C10H12N2O3. The summed E-state index contributed by atoms with van der Waals surface area (Å²) < 4.78 is 1.47. The molecular weight excluding hydrogens is 196 g/mol. The molecule has 0 saturated heterocycles. The van der Waals surface area contributed by atoms with Crippen LogP contribution in [0.5, 0.6) is 0 Å². The van der Waals surface area contributed by atoms with Crippen molar-refractivity contribution in [3.8, 4) is 0 Å². The average molecular weight is 208 g/mol. The number of aliphatic hydroxyl groups is 1. The standard InChI is InChI=1S/C10H12N2O3/c13-6-7-1-2-8(5-7)12-4-3-9(14)11-10(12)15/h1-4,7-8,13H,5-6H2,(H,11,14,15)/t7-,8+/m1/s1. The SMILES string of the molecule is O=c1ccn([C@H]2C=C[C@@H](CO)C2)c(=O)[nH]1. The van der Waals surface area contributed by atoms with Gasteiger partial charge in [-0.05, 0) is 6.42 Å². The third-order valence-electron chi connectivity index (χ3n) is 2.59. The van der Waals surface area contributed by atoms with E-state index in [1.807, 2.05) is 12.2 Å². The van der Waals surface area contributed by atoms with Crippen LogP contribution in [0.25, 0.3) is 0 Å². The lowest BCUT2D eigenvalue weighted by Gasteiger charge is -2.12. The van der Waals surface area contributed by atoms with E-state index < -0.39 is 11.2 Å². The highest BCUT2D eigenvalue weighted by atomic mass is 16.3. The fraction of sp³-hybridized carbons (Fsp3) is 0.400. The highest BCUT2D eigenvalue weighted by Crippen LogP contribution is 2.25. The molecule has 5 heteroatoms. The fourth-order valence-electron chi connectivity index (χ4n) is 1.78. The highest BCUT2D eigenvalue weighted by Gasteiger charge is 2.20. The monoisotopic (exact) mass is 208 g/mol. The van der Waals surface area contributed by atoms with Gasteiger partial charge in [0.1, 0.15) is 0 Å². The normalized spacial score (nSPS) is 24.6. The van der Waals surface area contributed by atoms with Gasteiger partial charge in [0.25, 0.3) is 5.56 Å². The molecule has 0 radical (unpaired) electrons. The molecule has 1 aliphatic carbocycles. The van der Waals surface area contributed by atoms with E-state index in [0.717, 1.165) is 0 Å². The van der Waals surface area contributed by atoms with Crippen LogP contribution in [0.1, 0.15) is 12.5 Å². The van der Waals surface area contributed by atoms with Crippen molar-refractivity contribution in [2.45, 2.75) is 12.5 Å². The summed E-state index contributed by atoms with van der Waals surface area (Å²) in [5, 5.41) is 8.95. The Bertz CT molecular complexity index is 486. The summed E-state index contributed by atoms with van der Waals surface area (Å²) in [5.74, 6) is 0.105. The minimum absolute atomic E-state index is 0.0634. The second kappa shape index (κ2) is 3.86. The molecule has 2 atom stereocenters. The molecule has 15 heavy (non-hydrogen) atoms. The maximum atomic E-state index is 11.4. The van der Waals surface area contributed by atoms with Crippen LogP contribution in [-0.4, -0.2) is 21.3 Å². The molecule has 0 spiro atoms. The summed E-state index contributed by atoms with van der Waals surface area (Å²) in [4.78, 5) is 24.5. The predicted molar refractivity (Wildman–Crippen MR) is 54.7 cm³/mol. The zero-order valence-electron chi connectivity index (χ0n) is 8.09. The summed E-state index contributed by atoms with van der Waals surface area (Å²) in [6, 6.07) is 1.26. The van der Waals surface area contributed by atoms with Gasteiger partial charge in [-0.1, -0.05) is 12.2 Å². The fourth-order valence-corrected chi connectivity index (χ4v) is 1.78. The molecule has 0 fully saturated rings. The maximum Gasteiger partial charge on any atom is 0.328 e. The molecule has 0 bridgehead atoms. The van der Waals surface area contributed by atoms with Crippen LogP contribution >= 0.6 is 0 Å². The zero-order chi connectivity index (χ0) is 10.8. The number of allylic oxidation sites excluding steroid dienone is 1. The van der Waals surface area contributed by atoms with Crippen molar-refractivity contribution in [2.75, 3.05) is 6.61 Å². The van der Waals surface area contributed by atoms with E-state index in [-0.39, 0.29) is 18.6 Å². The molecule has 0 amide bonds. The summed E-state index contributed by atoms with van der Waals surface area (Å²) in [6.45, 7) is 0.0884. The largest absolute Gasteiger partial charge is 0.396 e. The van der Waals surface area contributed by atoms with Crippen LogP contribution in [0.15, 0.2) is 34.0 Å². The third-order valence-corrected chi connectivity index (χ3v) is 2.59. The number of aliphatic hydroxyl groups excluding tert-OH is 1. The van der Waals surface area contributed by atoms with Crippen molar-refractivity contribution in [2.24, 2.45) is 5.92 Å². The smallest absolute Gasteiger partial charge is 0.328 e. The third kappa shape index (κ3) is 1.92. The van der Waals surface area contributed by atoms with E-state index in [0.29, 0.717) is 6.42 Å². The first-order valence-electron chi connectivity index (χ1n) is 4.81. The van der Waals surface area contributed by atoms with Crippen molar-refractivity contribution in [1.29, 1.82) is 0 Å². The quantitative estimate of drug-likeness (QED) is 0.652. The molecule has 0 unspecified atom stereocenters. The summed E-state index contributed by atoms with van der Waals surface area (Å²) in [6.07, 6.45) is 5.95. The Morgan fingerprint density at radius 1 is 1.47 bits per heavy atom. The van der Waals surface area contributed by atoms with Gasteiger partial charge < -0.3 is 5.11 Å². The molecule has 1 aromatic rings. The van der Waals surface area contributed by atoms with Gasteiger partial charge in [-0.2, -0.15) is 0 Å². The highest BCUT2D eigenvalue weighted by molar-refractivity contribution is 5.06. The Morgan fingerprint density at radius 3 is 2.87 bits per heavy atom. The second-order valence-corrected chi connectivity index (χ2v) is 3.65. The lowest BCUT2D eigenvalue weighted by Crippen LogP contribution is -2.30. The van der Waals surface area contributed by atoms with E-state index in [1.54, 1.807) is 0 Å². The van der Waals surface area contributed by atoms with E-state index in [2.05, 4.69) is 4.98 Å². The summed E-state index contributed by atoms with van der Waals surface area (Å²) in [5.41, 5.74) is -0.798. The molecule has 1 aliphatic rings. The lowest BCUT2D eigenvalue weighted by molar-refractivity contribution is 0.243. The Kier molecular flexibility index (Phi) is 2.55. The van der Waals surface area contributed by atoms with Crippen LogP contribution in [0.4, 0.5) is 0 Å². The zero-order valence-corrected chi connectivity index (χ0v) is 8.09. The Hall–Kier alpha value is -1.62. The molecule has 1 heterocycles. The van der Waals surface area contributed by atoms with Crippen molar-refractivity contribution in [1.82, 2.24) is 9.55 Å². The van der Waals surface area contributed by atoms with E-state index in [4.69, 9.17) is 5.11 Å². The number of hydrogen-bond acceptors (Lipinski definition) is 3. The number of aromatic nitrogens is 2. The molecule has 1 aromatic heterocycles. The Morgan fingerprint density at radius 2 is 2.27 bits per heavy atom. The van der Waals surface area contributed by atoms with Crippen LogP contribution < -0.4 is 11.2 Å². The van der Waals surface area contributed by atoms with Gasteiger partial charge in [0.2, 0.25) is 0 Å². The predicted octanol–water partition coefficient (Wildman–Crippen LogP) is -0.354. The van der Waals surface area contributed by atoms with Crippen molar-refractivity contribution in [3.05, 3.63) is 45.3 Å². The maximum absolute atomic E-state index is 11.4. The number of nitrogens with one attached hydrogen (secondary N) is 1. The number of nitrogens with zero attached hydrogens (tertiary/aromatic N) is 1. The number of aromatic amines is 1. The molecule has 5 nitrogen and oxygen atoms in total. The molecule has 2 rings (SSSR count). The Balaban J connectivity index is 2.29. The first-order valence-corrected chi connectivity index (χ1v) is 4.81. The molecule has 0 saturated carbocycles. The minimum Gasteiger partial charge on any atom is -0.396 e. The van der Waals surface area contributed by atoms with Crippen molar-refractivity contribution >= 4 is 0 Å². The summed E-state index contributed by atoms with van der Waals surface area (Å²) >= 11 is 0. The molecule has 0 aliphatic heterocycles. The van der Waals surface area contributed by atoms with E-state index in [1.165, 1.54) is 16.8 Å². The van der Waals surface area contributed by atoms with Gasteiger partial charge in [0, 0.05) is 24.8 Å². The van der Waals surface area contributed by atoms with Gasteiger partial charge >= 0.3 is 5.69 Å². The van der Waals surface area contributed by atoms with Crippen LogP contribution in [0, 0.1) is 5.92 Å². The lowest BCUT2D eigenvalue weighted by atomic mass is 10.1. The van der Waals surface area contributed by atoms with Gasteiger partial charge in [0.15, 0.2) is 0 Å².